The van der Waals surface area contributed by atoms with Crippen LogP contribution in [0.1, 0.15) is 33.0 Å². The second-order valence-corrected chi connectivity index (χ2v) is 8.14. The molecule has 0 saturated heterocycles. The zero-order chi connectivity index (χ0) is 20.0. The Morgan fingerprint density at radius 2 is 2.14 bits per heavy atom. The molecule has 0 atom stereocenters. The number of fused-ring (bicyclic) bond motifs is 2. The van der Waals surface area contributed by atoms with Gasteiger partial charge in [0.25, 0.3) is 11.5 Å². The van der Waals surface area contributed by atoms with Crippen LogP contribution in [0, 0.1) is 6.92 Å². The van der Waals surface area contributed by atoms with Crippen LogP contribution in [-0.2, 0) is 19.5 Å². The smallest absolute Gasteiger partial charge is 0.266 e. The molecule has 0 unspecified atom stereocenters. The lowest BCUT2D eigenvalue weighted by atomic mass is 10.1. The second-order valence-electron chi connectivity index (χ2n) is 7.14. The molecular weight excluding hydrogens is 386 g/mol. The number of nitrogens with one attached hydrogen (secondary N) is 1. The molecular formula is C21H19N5O2S. The van der Waals surface area contributed by atoms with E-state index in [1.54, 1.807) is 10.8 Å². The summed E-state index contributed by atoms with van der Waals surface area (Å²) in [5.74, 6) is 0.600. The first-order valence-corrected chi connectivity index (χ1v) is 10.3. The first-order valence-electron chi connectivity index (χ1n) is 9.51. The fraction of sp³-hybridized carbons (Fsp3) is 0.238. The Morgan fingerprint density at radius 3 is 2.97 bits per heavy atom. The summed E-state index contributed by atoms with van der Waals surface area (Å²) in [6, 6.07) is 9.53. The molecule has 0 saturated carbocycles. The number of rotatable bonds is 4. The third-order valence-electron chi connectivity index (χ3n) is 5.27. The molecule has 1 amide bonds. The van der Waals surface area contributed by atoms with E-state index >= 15 is 0 Å². The van der Waals surface area contributed by atoms with E-state index in [4.69, 9.17) is 0 Å². The Morgan fingerprint density at radius 1 is 1.28 bits per heavy atom. The third kappa shape index (κ3) is 3.05. The summed E-state index contributed by atoms with van der Waals surface area (Å²) < 4.78 is 3.55. The maximum Gasteiger partial charge on any atom is 0.266 e. The van der Waals surface area contributed by atoms with Gasteiger partial charge in [-0.15, -0.1) is 11.3 Å². The average Bonchev–Trinajstić information content (AvgIpc) is 3.44. The lowest BCUT2D eigenvalue weighted by Crippen LogP contribution is -2.21. The minimum atomic E-state index is -0.219. The average molecular weight is 405 g/mol. The number of carbonyl (C=O) groups excluding carboxylic acids is 1. The van der Waals surface area contributed by atoms with Crippen LogP contribution >= 0.6 is 11.3 Å². The molecule has 1 aliphatic rings. The van der Waals surface area contributed by atoms with Crippen LogP contribution in [0.25, 0.3) is 10.2 Å². The quantitative estimate of drug-likeness (QED) is 0.565. The highest BCUT2D eigenvalue weighted by Gasteiger charge is 2.23. The molecule has 0 fully saturated rings. The Labute approximate surface area is 170 Å². The molecule has 0 spiro atoms. The maximum absolute atomic E-state index is 13.1. The number of para-hydroxylation sites is 1. The highest BCUT2D eigenvalue weighted by molar-refractivity contribution is 7.20. The van der Waals surface area contributed by atoms with E-state index in [1.165, 1.54) is 11.3 Å². The number of nitrogens with zero attached hydrogens (tertiary/aromatic N) is 4. The summed E-state index contributed by atoms with van der Waals surface area (Å²) in [7, 11) is 0. The predicted octanol–water partition coefficient (Wildman–Crippen LogP) is 3.21. The van der Waals surface area contributed by atoms with E-state index in [0.717, 1.165) is 29.9 Å². The van der Waals surface area contributed by atoms with Crippen molar-refractivity contribution in [2.24, 2.45) is 0 Å². The normalized spacial score (nSPS) is 13.0. The van der Waals surface area contributed by atoms with E-state index in [9.17, 15) is 9.59 Å². The van der Waals surface area contributed by atoms with Crippen LogP contribution in [0.4, 0.5) is 5.69 Å². The Bertz CT molecular complexity index is 1290. The number of benzene rings is 1. The monoisotopic (exact) mass is 405 g/mol. The van der Waals surface area contributed by atoms with Gasteiger partial charge in [0.15, 0.2) is 0 Å². The van der Waals surface area contributed by atoms with Gasteiger partial charge in [0.1, 0.15) is 10.7 Å². The summed E-state index contributed by atoms with van der Waals surface area (Å²) in [6.07, 6.45) is 5.36. The van der Waals surface area contributed by atoms with Crippen molar-refractivity contribution in [1.29, 1.82) is 0 Å². The van der Waals surface area contributed by atoms with Crippen LogP contribution in [0.2, 0.25) is 0 Å². The van der Waals surface area contributed by atoms with Crippen LogP contribution in [-0.4, -0.2) is 25.2 Å². The van der Waals surface area contributed by atoms with Crippen LogP contribution in [0.3, 0.4) is 0 Å². The largest absolute Gasteiger partial charge is 0.321 e. The number of amides is 1. The highest BCUT2D eigenvalue weighted by atomic mass is 32.1. The van der Waals surface area contributed by atoms with E-state index in [0.29, 0.717) is 33.7 Å². The summed E-state index contributed by atoms with van der Waals surface area (Å²) in [6.45, 7) is 3.09. The van der Waals surface area contributed by atoms with Gasteiger partial charge in [-0.2, -0.15) is 5.10 Å². The van der Waals surface area contributed by atoms with Gasteiger partial charge in [0.2, 0.25) is 0 Å². The van der Waals surface area contributed by atoms with Gasteiger partial charge in [-0.3, -0.25) is 18.8 Å². The van der Waals surface area contributed by atoms with Crippen molar-refractivity contribution in [3.63, 3.8) is 0 Å². The standard InChI is InChI=1S/C21H19N5O2S/c1-13-17-20(24-16-8-4-11-26(16)21(17)28)29-18(13)19(27)23-15-7-3-2-6-14(15)12-25-10-5-9-22-25/h2-3,5-7,9-10H,4,8,11-12H2,1H3,(H,23,27). The number of hydrogen-bond donors (Lipinski definition) is 1. The number of aromatic nitrogens is 4. The SMILES string of the molecule is Cc1c(C(=O)Nc2ccccc2Cn2cccn2)sc2nc3n(c(=O)c12)CCC3. The fourth-order valence-electron chi connectivity index (χ4n) is 3.82. The van der Waals surface area contributed by atoms with E-state index in [1.807, 2.05) is 48.1 Å². The maximum atomic E-state index is 13.1. The number of carbonyl (C=O) groups is 1. The molecule has 1 N–H and O–H groups in total. The molecule has 3 aromatic heterocycles. The molecule has 146 valence electrons. The molecule has 7 nitrogen and oxygen atoms in total. The first kappa shape index (κ1) is 17.8. The van der Waals surface area contributed by atoms with Crippen LogP contribution < -0.4 is 10.9 Å². The van der Waals surface area contributed by atoms with E-state index < -0.39 is 0 Å². The Balaban J connectivity index is 1.49. The Kier molecular flexibility index (Phi) is 4.28. The zero-order valence-electron chi connectivity index (χ0n) is 15.9. The molecule has 0 radical (unpaired) electrons. The summed E-state index contributed by atoms with van der Waals surface area (Å²) in [5, 5.41) is 7.81. The van der Waals surface area contributed by atoms with E-state index in [-0.39, 0.29) is 11.5 Å². The summed E-state index contributed by atoms with van der Waals surface area (Å²) in [5.41, 5.74) is 2.36. The molecule has 0 bridgehead atoms. The minimum Gasteiger partial charge on any atom is -0.321 e. The van der Waals surface area contributed by atoms with Crippen molar-refractivity contribution in [2.75, 3.05) is 5.32 Å². The van der Waals surface area contributed by atoms with Crippen molar-refractivity contribution < 1.29 is 4.79 Å². The molecule has 4 heterocycles. The van der Waals surface area contributed by atoms with E-state index in [2.05, 4.69) is 15.4 Å². The lowest BCUT2D eigenvalue weighted by Gasteiger charge is -2.11. The van der Waals surface area contributed by atoms with Gasteiger partial charge in [-0.25, -0.2) is 4.98 Å². The van der Waals surface area contributed by atoms with Crippen molar-refractivity contribution in [2.45, 2.75) is 32.9 Å². The Hall–Kier alpha value is -3.26. The summed E-state index contributed by atoms with van der Waals surface area (Å²) >= 11 is 1.29. The van der Waals surface area contributed by atoms with Crippen LogP contribution in [0.5, 0.6) is 0 Å². The molecule has 29 heavy (non-hydrogen) atoms. The first-order chi connectivity index (χ1) is 14.1. The van der Waals surface area contributed by atoms with Crippen LogP contribution in [0.15, 0.2) is 47.5 Å². The van der Waals surface area contributed by atoms with Gasteiger partial charge in [0, 0.05) is 31.0 Å². The lowest BCUT2D eigenvalue weighted by molar-refractivity contribution is 0.103. The summed E-state index contributed by atoms with van der Waals surface area (Å²) in [4.78, 5) is 31.7. The molecule has 0 aliphatic carbocycles. The van der Waals surface area contributed by atoms with Gasteiger partial charge in [-0.1, -0.05) is 18.2 Å². The number of aryl methyl sites for hydroxylation is 2. The number of hydrogen-bond acceptors (Lipinski definition) is 5. The molecule has 8 heteroatoms. The van der Waals surface area contributed by atoms with Gasteiger partial charge in [-0.05, 0) is 36.6 Å². The molecule has 4 aromatic rings. The highest BCUT2D eigenvalue weighted by Crippen LogP contribution is 2.29. The third-order valence-corrected chi connectivity index (χ3v) is 6.46. The second kappa shape index (κ2) is 6.97. The van der Waals surface area contributed by atoms with Gasteiger partial charge >= 0.3 is 0 Å². The topological polar surface area (TPSA) is 81.8 Å². The van der Waals surface area contributed by atoms with Gasteiger partial charge < -0.3 is 5.32 Å². The minimum absolute atomic E-state index is 0.0330. The molecule has 5 rings (SSSR count). The van der Waals surface area contributed by atoms with Crippen molar-refractivity contribution in [1.82, 2.24) is 19.3 Å². The predicted molar refractivity (Wildman–Crippen MR) is 113 cm³/mol. The van der Waals surface area contributed by atoms with Crippen molar-refractivity contribution in [3.05, 3.63) is 74.9 Å². The van der Waals surface area contributed by atoms with Crippen molar-refractivity contribution >= 4 is 33.1 Å². The fourth-order valence-corrected chi connectivity index (χ4v) is 4.91. The number of anilines is 1. The zero-order valence-corrected chi connectivity index (χ0v) is 16.7. The molecule has 1 aliphatic heterocycles. The number of thiophene rings is 1. The van der Waals surface area contributed by atoms with Gasteiger partial charge in [0.05, 0.1) is 16.8 Å². The van der Waals surface area contributed by atoms with Crippen molar-refractivity contribution in [3.8, 4) is 0 Å². The molecule has 1 aromatic carbocycles.